The van der Waals surface area contributed by atoms with E-state index in [4.69, 9.17) is 9.47 Å². The number of amides is 1. The van der Waals surface area contributed by atoms with Gasteiger partial charge in [-0.05, 0) is 49.2 Å². The van der Waals surface area contributed by atoms with Gasteiger partial charge in [0.05, 0.1) is 19.3 Å². The van der Waals surface area contributed by atoms with Crippen LogP contribution in [0.4, 0.5) is 0 Å². The van der Waals surface area contributed by atoms with E-state index in [9.17, 15) is 9.90 Å². The number of benzene rings is 2. The molecule has 7 nitrogen and oxygen atoms in total. The topological polar surface area (TPSA) is 65.5 Å². The number of phenolic OH excluding ortho intramolecular Hbond substituents is 1. The maximum atomic E-state index is 13.6. The Kier molecular flexibility index (Phi) is 7.67. The van der Waals surface area contributed by atoms with Gasteiger partial charge in [-0.15, -0.1) is 6.58 Å². The molecule has 3 aliphatic heterocycles. The Morgan fingerprint density at radius 3 is 2.41 bits per heavy atom. The van der Waals surface area contributed by atoms with Gasteiger partial charge in [0, 0.05) is 63.2 Å². The molecule has 0 saturated carbocycles. The number of nitrogens with zero attached hydrogens (tertiary/aromatic N) is 3. The third-order valence-corrected chi connectivity index (χ3v) is 8.12. The predicted molar refractivity (Wildman–Crippen MR) is 144 cm³/mol. The number of phenols is 1. The third kappa shape index (κ3) is 5.46. The normalized spacial score (nSPS) is 25.3. The van der Waals surface area contributed by atoms with Gasteiger partial charge in [-0.1, -0.05) is 30.3 Å². The molecule has 0 aliphatic carbocycles. The molecular formula is C30H39N3O4. The van der Waals surface area contributed by atoms with Crippen LogP contribution in [-0.4, -0.2) is 89.5 Å². The Hall–Kier alpha value is -2.71. The minimum absolute atomic E-state index is 0.0431. The van der Waals surface area contributed by atoms with Gasteiger partial charge in [-0.25, -0.2) is 0 Å². The van der Waals surface area contributed by atoms with Crippen LogP contribution in [0.15, 0.2) is 61.2 Å². The van der Waals surface area contributed by atoms with Gasteiger partial charge in [0.1, 0.15) is 5.75 Å². The van der Waals surface area contributed by atoms with Crippen molar-refractivity contribution < 1.29 is 19.4 Å². The van der Waals surface area contributed by atoms with Gasteiger partial charge in [0.2, 0.25) is 0 Å². The lowest BCUT2D eigenvalue weighted by atomic mass is 9.92. The van der Waals surface area contributed by atoms with Gasteiger partial charge in [-0.3, -0.25) is 14.6 Å². The Morgan fingerprint density at radius 2 is 1.73 bits per heavy atom. The number of hydrogen-bond donors (Lipinski definition) is 1. The van der Waals surface area contributed by atoms with E-state index in [1.54, 1.807) is 6.07 Å². The predicted octanol–water partition coefficient (Wildman–Crippen LogP) is 4.04. The fourth-order valence-electron chi connectivity index (χ4n) is 6.14. The maximum Gasteiger partial charge on any atom is 0.253 e. The van der Waals surface area contributed by atoms with E-state index in [0.717, 1.165) is 30.8 Å². The molecule has 1 unspecified atom stereocenters. The van der Waals surface area contributed by atoms with Crippen LogP contribution in [-0.2, 0) is 9.47 Å². The van der Waals surface area contributed by atoms with Gasteiger partial charge >= 0.3 is 0 Å². The fraction of sp³-hybridized carbons (Fsp3) is 0.500. The average molecular weight is 506 g/mol. The number of ether oxygens (including phenoxy) is 2. The van der Waals surface area contributed by atoms with Crippen molar-refractivity contribution in [2.75, 3.05) is 45.9 Å². The first-order valence-electron chi connectivity index (χ1n) is 13.5. The van der Waals surface area contributed by atoms with Crippen molar-refractivity contribution in [3.05, 3.63) is 77.9 Å². The van der Waals surface area contributed by atoms with Crippen molar-refractivity contribution in [1.29, 1.82) is 0 Å². The highest BCUT2D eigenvalue weighted by molar-refractivity contribution is 5.94. The van der Waals surface area contributed by atoms with Crippen molar-refractivity contribution in [2.45, 2.75) is 50.6 Å². The highest BCUT2D eigenvalue weighted by atomic mass is 16.7. The molecule has 3 heterocycles. The number of piperidine rings is 1. The number of hydrogen-bond acceptors (Lipinski definition) is 6. The average Bonchev–Trinajstić information content (AvgIpc) is 3.35. The number of carbonyl (C=O) groups is 1. The fourth-order valence-corrected chi connectivity index (χ4v) is 6.14. The zero-order valence-corrected chi connectivity index (χ0v) is 22.0. The summed E-state index contributed by atoms with van der Waals surface area (Å²) in [6, 6.07) is 16.1. The first-order chi connectivity index (χ1) is 17.9. The van der Waals surface area contributed by atoms with Crippen molar-refractivity contribution in [1.82, 2.24) is 14.7 Å². The SMILES string of the molecule is C=CCN1C[C@@H](C)N(C(c2cccc(O)c2)c2cccc(C(=O)N3CCC4(CC3)OCCO4)c2)C[C@H]1C. The summed E-state index contributed by atoms with van der Waals surface area (Å²) in [5.41, 5.74) is 2.78. The standard InChI is InChI=1S/C30H39N3O4/c1-4-13-32-20-23(3)33(21-22(32)2)28(25-8-6-10-27(34)19-25)24-7-5-9-26(18-24)29(35)31-14-11-30(12-15-31)36-16-17-37-30/h4-10,18-19,22-23,28,34H,1,11-17,20-21H2,2-3H3/t22-,23-,28?/m1/s1. The zero-order valence-electron chi connectivity index (χ0n) is 22.0. The molecule has 1 spiro atoms. The minimum Gasteiger partial charge on any atom is -0.508 e. The molecule has 7 heteroatoms. The monoisotopic (exact) mass is 505 g/mol. The molecule has 198 valence electrons. The van der Waals surface area contributed by atoms with Crippen LogP contribution in [0.2, 0.25) is 0 Å². The van der Waals surface area contributed by atoms with Crippen LogP contribution in [0.5, 0.6) is 5.75 Å². The van der Waals surface area contributed by atoms with Gasteiger partial charge in [-0.2, -0.15) is 0 Å². The molecule has 5 rings (SSSR count). The Morgan fingerprint density at radius 1 is 1.05 bits per heavy atom. The lowest BCUT2D eigenvalue weighted by molar-refractivity contribution is -0.181. The number of likely N-dealkylation sites (tertiary alicyclic amines) is 1. The maximum absolute atomic E-state index is 13.6. The number of carbonyl (C=O) groups excluding carboxylic acids is 1. The summed E-state index contributed by atoms with van der Waals surface area (Å²) in [4.78, 5) is 20.4. The van der Waals surface area contributed by atoms with Crippen molar-refractivity contribution >= 4 is 5.91 Å². The molecule has 3 fully saturated rings. The summed E-state index contributed by atoms with van der Waals surface area (Å²) >= 11 is 0. The molecule has 37 heavy (non-hydrogen) atoms. The quantitative estimate of drug-likeness (QED) is 0.598. The summed E-state index contributed by atoms with van der Waals surface area (Å²) < 4.78 is 11.7. The molecule has 3 aliphatic rings. The van der Waals surface area contributed by atoms with E-state index < -0.39 is 5.79 Å². The Labute approximate surface area is 220 Å². The number of aromatic hydroxyl groups is 1. The largest absolute Gasteiger partial charge is 0.508 e. The van der Waals surface area contributed by atoms with Gasteiger partial charge in [0.25, 0.3) is 5.91 Å². The van der Waals surface area contributed by atoms with E-state index in [1.807, 2.05) is 41.3 Å². The molecule has 3 atom stereocenters. The van der Waals surface area contributed by atoms with Crippen LogP contribution in [0.3, 0.4) is 0 Å². The molecule has 3 saturated heterocycles. The van der Waals surface area contributed by atoms with Crippen LogP contribution in [0.25, 0.3) is 0 Å². The molecule has 2 aromatic rings. The zero-order chi connectivity index (χ0) is 26.0. The number of piperazine rings is 1. The van der Waals surface area contributed by atoms with Crippen LogP contribution in [0.1, 0.15) is 54.2 Å². The van der Waals surface area contributed by atoms with Gasteiger partial charge in [0.15, 0.2) is 5.79 Å². The van der Waals surface area contributed by atoms with Crippen molar-refractivity contribution in [3.63, 3.8) is 0 Å². The second-order valence-electron chi connectivity index (χ2n) is 10.7. The first kappa shape index (κ1) is 25.9. The summed E-state index contributed by atoms with van der Waals surface area (Å²) in [5, 5.41) is 10.3. The summed E-state index contributed by atoms with van der Waals surface area (Å²) in [7, 11) is 0. The molecule has 0 bridgehead atoms. The van der Waals surface area contributed by atoms with E-state index >= 15 is 0 Å². The van der Waals surface area contributed by atoms with Crippen molar-refractivity contribution in [3.8, 4) is 5.75 Å². The molecule has 1 amide bonds. The Bertz CT molecular complexity index is 1110. The minimum atomic E-state index is -0.500. The lowest BCUT2D eigenvalue weighted by Crippen LogP contribution is -2.57. The summed E-state index contributed by atoms with van der Waals surface area (Å²) in [6.45, 7) is 13.6. The van der Waals surface area contributed by atoms with Crippen molar-refractivity contribution in [2.24, 2.45) is 0 Å². The highest BCUT2D eigenvalue weighted by Gasteiger charge is 2.41. The molecule has 0 aromatic heterocycles. The van der Waals surface area contributed by atoms with Gasteiger partial charge < -0.3 is 19.5 Å². The second-order valence-corrected chi connectivity index (χ2v) is 10.7. The first-order valence-corrected chi connectivity index (χ1v) is 13.5. The van der Waals surface area contributed by atoms with Crippen LogP contribution in [0, 0.1) is 0 Å². The van der Waals surface area contributed by atoms with Crippen LogP contribution < -0.4 is 0 Å². The second kappa shape index (κ2) is 11.0. The van der Waals surface area contributed by atoms with Crippen LogP contribution >= 0.6 is 0 Å². The molecule has 1 N–H and O–H groups in total. The molecule has 2 aromatic carbocycles. The smallest absolute Gasteiger partial charge is 0.253 e. The van der Waals surface area contributed by atoms with E-state index in [1.165, 1.54) is 0 Å². The molecule has 0 radical (unpaired) electrons. The number of rotatable bonds is 6. The lowest BCUT2D eigenvalue weighted by Gasteiger charge is -2.47. The van der Waals surface area contributed by atoms with E-state index in [-0.39, 0.29) is 23.7 Å². The molecular weight excluding hydrogens is 466 g/mol. The highest BCUT2D eigenvalue weighted by Crippen LogP contribution is 2.36. The third-order valence-electron chi connectivity index (χ3n) is 8.12. The summed E-state index contributed by atoms with van der Waals surface area (Å²) in [6.07, 6.45) is 3.37. The van der Waals surface area contributed by atoms with E-state index in [0.29, 0.717) is 50.8 Å². The van der Waals surface area contributed by atoms with E-state index in [2.05, 4.69) is 42.4 Å². The summed E-state index contributed by atoms with van der Waals surface area (Å²) in [5.74, 6) is -0.208. The Balaban J connectivity index is 1.41.